The van der Waals surface area contributed by atoms with Crippen molar-refractivity contribution in [3.05, 3.63) is 0 Å². The van der Waals surface area contributed by atoms with Gasteiger partial charge in [0.15, 0.2) is 18.4 Å². The predicted octanol–water partition coefficient (Wildman–Crippen LogP) is -1.66. The molecule has 3 aliphatic heterocycles. The molecule has 0 bridgehead atoms. The maximum atomic E-state index is 12.0. The fraction of sp³-hybridized carbons (Fsp3) is 1.00. The highest BCUT2D eigenvalue weighted by atomic mass is 16.7. The van der Waals surface area contributed by atoms with Crippen LogP contribution in [0.5, 0.6) is 0 Å². The molecular weight excluding hydrogens is 724 g/mol. The molecule has 318 valence electrons. The maximum absolute atomic E-state index is 12.0. The van der Waals surface area contributed by atoms with Crippen LogP contribution in [-0.4, -0.2) is 168 Å². The minimum Gasteiger partial charge on any atom is -0.394 e. The van der Waals surface area contributed by atoms with Gasteiger partial charge in [0.2, 0.25) is 0 Å². The van der Waals surface area contributed by atoms with Crippen LogP contribution in [-0.2, 0) is 23.7 Å². The van der Waals surface area contributed by atoms with E-state index in [1.807, 2.05) is 6.92 Å². The summed E-state index contributed by atoms with van der Waals surface area (Å²) in [5.74, 6) is -0.859. The van der Waals surface area contributed by atoms with Crippen LogP contribution in [0.3, 0.4) is 0 Å². The van der Waals surface area contributed by atoms with Crippen LogP contribution in [0.4, 0.5) is 0 Å². The molecule has 16 heteroatoms. The highest BCUT2D eigenvalue weighted by molar-refractivity contribution is 5.17. The first kappa shape index (κ1) is 42.5. The molecule has 0 amide bonds. The third kappa shape index (κ3) is 6.95. The van der Waals surface area contributed by atoms with Crippen molar-refractivity contribution < 1.29 is 79.9 Å². The second-order valence-electron chi connectivity index (χ2n) is 18.8. The molecule has 0 radical (unpaired) electrons. The molecule has 0 aromatic heterocycles. The zero-order valence-corrected chi connectivity index (χ0v) is 32.4. The van der Waals surface area contributed by atoms with Gasteiger partial charge >= 0.3 is 0 Å². The first-order valence-electron chi connectivity index (χ1n) is 20.6. The van der Waals surface area contributed by atoms with Crippen LogP contribution in [0.15, 0.2) is 0 Å². The average Bonchev–Trinajstić information content (AvgIpc) is 3.59. The third-order valence-corrected chi connectivity index (χ3v) is 16.0. The maximum Gasteiger partial charge on any atom is 0.187 e. The van der Waals surface area contributed by atoms with Crippen molar-refractivity contribution in [3.63, 3.8) is 0 Å². The zero-order chi connectivity index (χ0) is 39.9. The molecule has 3 saturated heterocycles. The van der Waals surface area contributed by atoms with E-state index in [0.29, 0.717) is 19.3 Å². The van der Waals surface area contributed by atoms with Gasteiger partial charge in [-0.1, -0.05) is 27.7 Å². The molecule has 0 spiro atoms. The largest absolute Gasteiger partial charge is 0.394 e. The smallest absolute Gasteiger partial charge is 0.187 e. The second kappa shape index (κ2) is 15.8. The first-order valence-corrected chi connectivity index (χ1v) is 20.6. The summed E-state index contributed by atoms with van der Waals surface area (Å²) in [6.45, 7) is 7.45. The van der Waals surface area contributed by atoms with Gasteiger partial charge in [-0.3, -0.25) is 0 Å². The van der Waals surface area contributed by atoms with Gasteiger partial charge in [0.1, 0.15) is 54.9 Å². The average molecular weight is 791 g/mol. The van der Waals surface area contributed by atoms with Gasteiger partial charge in [0, 0.05) is 17.8 Å². The van der Waals surface area contributed by atoms with E-state index in [-0.39, 0.29) is 59.6 Å². The summed E-state index contributed by atoms with van der Waals surface area (Å²) in [7, 11) is 0. The molecule has 24 atom stereocenters. The van der Waals surface area contributed by atoms with Gasteiger partial charge in [-0.15, -0.1) is 0 Å². The van der Waals surface area contributed by atoms with Crippen molar-refractivity contribution in [2.75, 3.05) is 19.8 Å². The Morgan fingerprint density at radius 1 is 0.745 bits per heavy atom. The van der Waals surface area contributed by atoms with E-state index in [9.17, 15) is 56.2 Å². The molecule has 7 aliphatic rings. The molecule has 11 N–H and O–H groups in total. The molecular formula is C39H66O16. The van der Waals surface area contributed by atoms with Gasteiger partial charge in [-0.2, -0.15) is 0 Å². The van der Waals surface area contributed by atoms with E-state index in [1.165, 1.54) is 0 Å². The lowest BCUT2D eigenvalue weighted by Gasteiger charge is -2.64. The minimum atomic E-state index is -1.63. The zero-order valence-electron chi connectivity index (χ0n) is 32.4. The number of hydrogen-bond donors (Lipinski definition) is 11. The van der Waals surface area contributed by atoms with E-state index < -0.39 is 104 Å². The standard InChI is InChI=1S/C39H66O16/c1-16(15-51-35-32(48)30(46)28(44)24(13-40)52-35)7-10-39(50)17(2)26-23(55-39)12-21-19-6-5-18-11-22(42)27(43)34(38(18,4)20(19)8-9-37(21,26)3)54-36-33(49)31(47)29(45)25(14-41)53-36/h16-36,40-50H,5-15H2,1-4H3/t16-,17+,18-,19-,20+,21+,22+,23+,24-,25-,26+,27-,28-,29-,30+,31+,32-,33-,34-,35-,36+,37+,38+,39?/m1/s1. The minimum absolute atomic E-state index is 0.0132. The van der Waals surface area contributed by atoms with Crippen LogP contribution >= 0.6 is 0 Å². The lowest BCUT2D eigenvalue weighted by molar-refractivity contribution is -0.346. The van der Waals surface area contributed by atoms with Gasteiger partial charge in [-0.25, -0.2) is 0 Å². The van der Waals surface area contributed by atoms with Gasteiger partial charge in [0.05, 0.1) is 38.1 Å². The molecule has 3 heterocycles. The summed E-state index contributed by atoms with van der Waals surface area (Å²) >= 11 is 0. The van der Waals surface area contributed by atoms with Crippen LogP contribution in [0.2, 0.25) is 0 Å². The summed E-state index contributed by atoms with van der Waals surface area (Å²) in [6, 6.07) is 0. The summed E-state index contributed by atoms with van der Waals surface area (Å²) < 4.78 is 30.0. The van der Waals surface area contributed by atoms with Gasteiger partial charge in [-0.05, 0) is 85.9 Å². The van der Waals surface area contributed by atoms with Crippen LogP contribution in [0, 0.1) is 52.3 Å². The number of fused-ring (bicyclic) bond motifs is 7. The quantitative estimate of drug-likeness (QED) is 0.118. The first-order chi connectivity index (χ1) is 25.9. The van der Waals surface area contributed by atoms with E-state index >= 15 is 0 Å². The Hall–Kier alpha value is -0.640. The van der Waals surface area contributed by atoms with Crippen LogP contribution < -0.4 is 0 Å². The molecule has 4 saturated carbocycles. The molecule has 16 nitrogen and oxygen atoms in total. The summed E-state index contributed by atoms with van der Waals surface area (Å²) in [5.41, 5.74) is -0.752. The van der Waals surface area contributed by atoms with E-state index in [0.717, 1.165) is 32.1 Å². The van der Waals surface area contributed by atoms with Crippen LogP contribution in [0.25, 0.3) is 0 Å². The van der Waals surface area contributed by atoms with Crippen molar-refractivity contribution in [2.45, 2.75) is 171 Å². The van der Waals surface area contributed by atoms with Crippen LogP contribution in [0.1, 0.15) is 79.1 Å². The van der Waals surface area contributed by atoms with Crippen molar-refractivity contribution in [1.82, 2.24) is 0 Å². The second-order valence-corrected chi connectivity index (χ2v) is 18.8. The highest BCUT2D eigenvalue weighted by Crippen LogP contribution is 2.71. The molecule has 7 rings (SSSR count). The highest BCUT2D eigenvalue weighted by Gasteiger charge is 2.70. The third-order valence-electron chi connectivity index (χ3n) is 16.0. The molecule has 4 aliphatic carbocycles. The molecule has 0 aromatic carbocycles. The fourth-order valence-corrected chi connectivity index (χ4v) is 12.8. The monoisotopic (exact) mass is 790 g/mol. The SMILES string of the molecule is C[C@H](CCC1(O)O[C@H]2C[C@H]3[C@@H]4CC[C@@H]5C[C@H](O)[C@@H](O)[C@@H](O[C@@H]6O[C@H](CO)[C@@H](O)[C@H](O)[C@H]6O)[C@]5(C)[C@H]4CC[C@]3(C)[C@H]2[C@@H]1C)CO[C@@H]1O[C@H](CO)[C@@H](O)[C@H](O)[C@H]1O. The Kier molecular flexibility index (Phi) is 12.2. The van der Waals surface area contributed by atoms with E-state index in [1.54, 1.807) is 0 Å². The van der Waals surface area contributed by atoms with Crippen molar-refractivity contribution in [2.24, 2.45) is 52.3 Å². The van der Waals surface area contributed by atoms with Crippen molar-refractivity contribution in [1.29, 1.82) is 0 Å². The number of hydrogen-bond acceptors (Lipinski definition) is 16. The summed E-state index contributed by atoms with van der Waals surface area (Å²) in [4.78, 5) is 0. The lowest BCUT2D eigenvalue weighted by Crippen LogP contribution is -2.67. The normalized spacial score (nSPS) is 57.0. The molecule has 1 unspecified atom stereocenters. The number of aliphatic hydroxyl groups is 11. The fourth-order valence-electron chi connectivity index (χ4n) is 12.8. The molecule has 55 heavy (non-hydrogen) atoms. The number of ether oxygens (including phenoxy) is 5. The van der Waals surface area contributed by atoms with Gasteiger partial charge < -0.3 is 79.9 Å². The van der Waals surface area contributed by atoms with E-state index in [2.05, 4.69) is 20.8 Å². The number of aliphatic hydroxyl groups excluding tert-OH is 10. The molecule has 7 fully saturated rings. The predicted molar refractivity (Wildman–Crippen MR) is 189 cm³/mol. The Morgan fingerprint density at radius 3 is 2.00 bits per heavy atom. The Bertz CT molecular complexity index is 1320. The topological polar surface area (TPSA) is 269 Å². The lowest BCUT2D eigenvalue weighted by atomic mass is 9.43. The Morgan fingerprint density at radius 2 is 1.36 bits per heavy atom. The van der Waals surface area contributed by atoms with E-state index in [4.69, 9.17) is 23.7 Å². The summed E-state index contributed by atoms with van der Waals surface area (Å²) in [6.07, 6.45) is -12.1. The Labute approximate surface area is 322 Å². The Balaban J connectivity index is 1.02. The van der Waals surface area contributed by atoms with Gasteiger partial charge in [0.25, 0.3) is 0 Å². The van der Waals surface area contributed by atoms with Crippen molar-refractivity contribution in [3.8, 4) is 0 Å². The number of rotatable bonds is 10. The molecule has 0 aromatic rings. The van der Waals surface area contributed by atoms with Crippen molar-refractivity contribution >= 4 is 0 Å². The summed E-state index contributed by atoms with van der Waals surface area (Å²) in [5, 5.41) is 116.